The van der Waals surface area contributed by atoms with Gasteiger partial charge in [0.15, 0.2) is 0 Å². The van der Waals surface area contributed by atoms with Crippen molar-refractivity contribution >= 4 is 11.9 Å². The Balaban J connectivity index is 1.73. The molecule has 1 atom stereocenters. The number of pyridine rings is 1. The second-order valence-corrected chi connectivity index (χ2v) is 6.06. The fourth-order valence-corrected chi connectivity index (χ4v) is 2.64. The van der Waals surface area contributed by atoms with Gasteiger partial charge in [-0.2, -0.15) is 0 Å². The molecular formula is C17H27N5O2. The lowest BCUT2D eigenvalue weighted by Crippen LogP contribution is -2.53. The van der Waals surface area contributed by atoms with Gasteiger partial charge in [0, 0.05) is 45.1 Å². The number of hydrogen-bond acceptors (Lipinski definition) is 4. The Hall–Kier alpha value is -2.15. The summed E-state index contributed by atoms with van der Waals surface area (Å²) in [6.07, 6.45) is 4.38. The summed E-state index contributed by atoms with van der Waals surface area (Å²) in [7, 11) is 0. The Morgan fingerprint density at radius 3 is 2.50 bits per heavy atom. The van der Waals surface area contributed by atoms with Crippen molar-refractivity contribution in [3.63, 3.8) is 0 Å². The van der Waals surface area contributed by atoms with E-state index in [1.165, 1.54) is 0 Å². The van der Waals surface area contributed by atoms with E-state index in [-0.39, 0.29) is 18.0 Å². The van der Waals surface area contributed by atoms with Gasteiger partial charge in [-0.05, 0) is 31.0 Å². The molecular weight excluding hydrogens is 306 g/mol. The summed E-state index contributed by atoms with van der Waals surface area (Å²) in [5, 5.41) is 5.89. The number of nitrogens with zero attached hydrogens (tertiary/aromatic N) is 3. The lowest BCUT2D eigenvalue weighted by Gasteiger charge is -2.34. The third kappa shape index (κ3) is 5.49. The third-order valence-electron chi connectivity index (χ3n) is 4.14. The number of carbonyl (C=O) groups excluding carboxylic acids is 2. The van der Waals surface area contributed by atoms with Crippen molar-refractivity contribution in [3.8, 4) is 0 Å². The Labute approximate surface area is 143 Å². The van der Waals surface area contributed by atoms with Gasteiger partial charge in [0.25, 0.3) is 0 Å². The van der Waals surface area contributed by atoms with Crippen molar-refractivity contribution in [2.24, 2.45) is 0 Å². The number of urea groups is 1. The first kappa shape index (κ1) is 18.2. The third-order valence-corrected chi connectivity index (χ3v) is 4.14. The molecule has 2 rings (SSSR count). The standard InChI is InChI=1S/C17H27N5O2/c1-3-6-19-16(23)13-21-9-11-22(12-10-21)17(24)20-14(2)15-4-7-18-8-5-15/h4-5,7-8,14H,3,6,9-13H2,1-2H3,(H,19,23)(H,20,24). The van der Waals surface area contributed by atoms with Gasteiger partial charge in [0.05, 0.1) is 12.6 Å². The molecule has 1 aliphatic rings. The molecule has 0 aliphatic carbocycles. The summed E-state index contributed by atoms with van der Waals surface area (Å²) in [6.45, 7) is 7.82. The van der Waals surface area contributed by atoms with Crippen LogP contribution in [0.15, 0.2) is 24.5 Å². The van der Waals surface area contributed by atoms with E-state index < -0.39 is 0 Å². The maximum Gasteiger partial charge on any atom is 0.317 e. The maximum absolute atomic E-state index is 12.4. The van der Waals surface area contributed by atoms with Gasteiger partial charge >= 0.3 is 6.03 Å². The fraction of sp³-hybridized carbons (Fsp3) is 0.588. The van der Waals surface area contributed by atoms with Gasteiger partial charge in [-0.15, -0.1) is 0 Å². The van der Waals surface area contributed by atoms with Crippen LogP contribution in [0.1, 0.15) is 31.9 Å². The Kier molecular flexibility index (Phi) is 6.99. The van der Waals surface area contributed by atoms with E-state index in [2.05, 4.69) is 20.5 Å². The van der Waals surface area contributed by atoms with Crippen LogP contribution >= 0.6 is 0 Å². The van der Waals surface area contributed by atoms with Gasteiger partial charge < -0.3 is 15.5 Å². The number of nitrogens with one attached hydrogen (secondary N) is 2. The summed E-state index contributed by atoms with van der Waals surface area (Å²) >= 11 is 0. The van der Waals surface area contributed by atoms with Gasteiger partial charge in [-0.3, -0.25) is 14.7 Å². The van der Waals surface area contributed by atoms with Crippen molar-refractivity contribution in [2.75, 3.05) is 39.3 Å². The molecule has 1 aromatic rings. The summed E-state index contributed by atoms with van der Waals surface area (Å²) in [5.41, 5.74) is 1.03. The second kappa shape index (κ2) is 9.22. The van der Waals surface area contributed by atoms with Crippen molar-refractivity contribution in [3.05, 3.63) is 30.1 Å². The highest BCUT2D eigenvalue weighted by molar-refractivity contribution is 5.78. The second-order valence-electron chi connectivity index (χ2n) is 6.06. The van der Waals surface area contributed by atoms with E-state index in [4.69, 9.17) is 0 Å². The molecule has 0 radical (unpaired) electrons. The number of carbonyl (C=O) groups is 2. The highest BCUT2D eigenvalue weighted by Crippen LogP contribution is 2.11. The van der Waals surface area contributed by atoms with E-state index in [0.29, 0.717) is 26.2 Å². The first-order valence-electron chi connectivity index (χ1n) is 8.54. The van der Waals surface area contributed by atoms with Crippen LogP contribution in [-0.2, 0) is 4.79 Å². The van der Waals surface area contributed by atoms with Gasteiger partial charge in [0.1, 0.15) is 0 Å². The smallest absolute Gasteiger partial charge is 0.317 e. The molecule has 1 fully saturated rings. The van der Waals surface area contributed by atoms with Crippen LogP contribution in [0, 0.1) is 0 Å². The van der Waals surface area contributed by atoms with E-state index >= 15 is 0 Å². The highest BCUT2D eigenvalue weighted by atomic mass is 16.2. The van der Waals surface area contributed by atoms with E-state index in [9.17, 15) is 9.59 Å². The fourth-order valence-electron chi connectivity index (χ4n) is 2.64. The molecule has 24 heavy (non-hydrogen) atoms. The van der Waals surface area contributed by atoms with Crippen LogP contribution in [0.4, 0.5) is 4.79 Å². The lowest BCUT2D eigenvalue weighted by molar-refractivity contribution is -0.122. The molecule has 0 aromatic carbocycles. The maximum atomic E-state index is 12.4. The van der Waals surface area contributed by atoms with Crippen LogP contribution in [0.2, 0.25) is 0 Å². The van der Waals surface area contributed by atoms with Crippen LogP contribution in [0.25, 0.3) is 0 Å². The van der Waals surface area contributed by atoms with E-state index in [1.807, 2.05) is 26.0 Å². The minimum absolute atomic E-state index is 0.0565. The van der Waals surface area contributed by atoms with Crippen molar-refractivity contribution in [2.45, 2.75) is 26.3 Å². The predicted molar refractivity (Wildman–Crippen MR) is 92.5 cm³/mol. The highest BCUT2D eigenvalue weighted by Gasteiger charge is 2.23. The topological polar surface area (TPSA) is 77.6 Å². The Bertz CT molecular complexity index is 529. The van der Waals surface area contributed by atoms with Gasteiger partial charge in [-0.25, -0.2) is 4.79 Å². The molecule has 3 amide bonds. The average Bonchev–Trinajstić information content (AvgIpc) is 2.61. The summed E-state index contributed by atoms with van der Waals surface area (Å²) in [4.78, 5) is 32.0. The molecule has 2 N–H and O–H groups in total. The number of piperazine rings is 1. The molecule has 7 heteroatoms. The molecule has 7 nitrogen and oxygen atoms in total. The number of rotatable bonds is 6. The van der Waals surface area contributed by atoms with Crippen LogP contribution in [-0.4, -0.2) is 66.0 Å². The summed E-state index contributed by atoms with van der Waals surface area (Å²) in [5.74, 6) is 0.0565. The molecule has 0 saturated carbocycles. The quantitative estimate of drug-likeness (QED) is 0.814. The SMILES string of the molecule is CCCNC(=O)CN1CCN(C(=O)NC(C)c2ccncc2)CC1. The number of aromatic nitrogens is 1. The van der Waals surface area contributed by atoms with Crippen LogP contribution in [0.3, 0.4) is 0 Å². The molecule has 2 heterocycles. The van der Waals surface area contributed by atoms with Gasteiger partial charge in [-0.1, -0.05) is 6.92 Å². The lowest BCUT2D eigenvalue weighted by atomic mass is 10.1. The first-order valence-corrected chi connectivity index (χ1v) is 8.54. The molecule has 0 spiro atoms. The van der Waals surface area contributed by atoms with Crippen molar-refractivity contribution < 1.29 is 9.59 Å². The van der Waals surface area contributed by atoms with E-state index in [1.54, 1.807) is 17.3 Å². The minimum Gasteiger partial charge on any atom is -0.355 e. The largest absolute Gasteiger partial charge is 0.355 e. The van der Waals surface area contributed by atoms with Crippen LogP contribution < -0.4 is 10.6 Å². The zero-order valence-electron chi connectivity index (χ0n) is 14.5. The molecule has 0 bridgehead atoms. The molecule has 132 valence electrons. The zero-order chi connectivity index (χ0) is 17.4. The summed E-state index contributed by atoms with van der Waals surface area (Å²) < 4.78 is 0. The number of hydrogen-bond donors (Lipinski definition) is 2. The molecule has 1 unspecified atom stereocenters. The Morgan fingerprint density at radius 1 is 1.21 bits per heavy atom. The monoisotopic (exact) mass is 333 g/mol. The first-order chi connectivity index (χ1) is 11.6. The minimum atomic E-state index is -0.0607. The summed E-state index contributed by atoms with van der Waals surface area (Å²) in [6, 6.07) is 3.68. The van der Waals surface area contributed by atoms with Crippen molar-refractivity contribution in [1.82, 2.24) is 25.4 Å². The average molecular weight is 333 g/mol. The van der Waals surface area contributed by atoms with Crippen LogP contribution in [0.5, 0.6) is 0 Å². The molecule has 1 aliphatic heterocycles. The predicted octanol–water partition coefficient (Wildman–Crippen LogP) is 0.996. The van der Waals surface area contributed by atoms with Crippen molar-refractivity contribution in [1.29, 1.82) is 0 Å². The molecule has 1 aromatic heterocycles. The zero-order valence-corrected chi connectivity index (χ0v) is 14.5. The van der Waals surface area contributed by atoms with Gasteiger partial charge in [0.2, 0.25) is 5.91 Å². The molecule has 1 saturated heterocycles. The van der Waals surface area contributed by atoms with E-state index in [0.717, 1.165) is 25.1 Å². The Morgan fingerprint density at radius 2 is 1.88 bits per heavy atom. The number of amides is 3. The normalized spacial score (nSPS) is 16.5.